The van der Waals surface area contributed by atoms with E-state index in [2.05, 4.69) is 34.3 Å². The second-order valence-electron chi connectivity index (χ2n) is 5.95. The molecule has 22 heavy (non-hydrogen) atoms. The zero-order valence-corrected chi connectivity index (χ0v) is 13.4. The molecule has 5 nitrogen and oxygen atoms in total. The van der Waals surface area contributed by atoms with E-state index in [9.17, 15) is 9.90 Å². The van der Waals surface area contributed by atoms with Gasteiger partial charge in [0.25, 0.3) is 0 Å². The van der Waals surface area contributed by atoms with E-state index < -0.39 is 12.0 Å². The maximum atomic E-state index is 11.6. The minimum Gasteiger partial charge on any atom is -0.480 e. The second kappa shape index (κ2) is 5.74. The fourth-order valence-corrected chi connectivity index (χ4v) is 3.56. The number of hydrogen-bond donors (Lipinski definition) is 3. The Kier molecular flexibility index (Phi) is 3.93. The molecule has 2 aromatic rings. The van der Waals surface area contributed by atoms with Crippen LogP contribution in [-0.4, -0.2) is 22.7 Å². The fraction of sp³-hybridized carbons (Fsp3) is 0.471. The Morgan fingerprint density at radius 1 is 1.41 bits per heavy atom. The number of carbonyl (C=O) groups is 1. The second-order valence-corrected chi connectivity index (χ2v) is 5.95. The maximum absolute atomic E-state index is 11.6. The molecule has 0 saturated carbocycles. The van der Waals surface area contributed by atoms with E-state index in [0.29, 0.717) is 0 Å². The van der Waals surface area contributed by atoms with Crippen molar-refractivity contribution in [1.29, 1.82) is 0 Å². The van der Waals surface area contributed by atoms with Crippen molar-refractivity contribution >= 4 is 16.9 Å². The molecule has 118 valence electrons. The lowest BCUT2D eigenvalue weighted by atomic mass is 10.00. The highest BCUT2D eigenvalue weighted by molar-refractivity contribution is 5.92. The molecular formula is C17H23N3O2. The number of rotatable bonds is 5. The predicted molar refractivity (Wildman–Crippen MR) is 86.9 cm³/mol. The van der Waals surface area contributed by atoms with Crippen LogP contribution in [0.3, 0.4) is 0 Å². The molecule has 1 unspecified atom stereocenters. The molecule has 0 saturated heterocycles. The minimum absolute atomic E-state index is 0.673. The summed E-state index contributed by atoms with van der Waals surface area (Å²) in [7, 11) is 1.70. The number of fused-ring (bicyclic) bond motifs is 2. The van der Waals surface area contributed by atoms with Crippen molar-refractivity contribution in [2.45, 2.75) is 45.9 Å². The first-order valence-electron chi connectivity index (χ1n) is 7.83. The number of carboxylic acids is 1. The van der Waals surface area contributed by atoms with Gasteiger partial charge in [0.1, 0.15) is 6.04 Å². The van der Waals surface area contributed by atoms with Gasteiger partial charge in [-0.1, -0.05) is 6.92 Å². The van der Waals surface area contributed by atoms with Crippen molar-refractivity contribution in [2.75, 3.05) is 7.05 Å². The first-order chi connectivity index (χ1) is 10.6. The molecule has 0 aliphatic carbocycles. The van der Waals surface area contributed by atoms with Gasteiger partial charge in [0, 0.05) is 41.8 Å². The molecule has 1 aromatic carbocycles. The minimum atomic E-state index is -0.834. The summed E-state index contributed by atoms with van der Waals surface area (Å²) in [6.07, 6.45) is 1.02. The molecule has 0 spiro atoms. The van der Waals surface area contributed by atoms with E-state index in [1.807, 2.05) is 6.92 Å². The standard InChI is InChI=1S/C17H23N3O2/c1-4-5-20-10(2)15(16(18-3)17(21)22)13-6-11-8-19-9-12(11)7-14(13)20/h6-7,16,18-19H,4-5,8-9H2,1-3H3,(H,21,22). The van der Waals surface area contributed by atoms with Crippen LogP contribution in [-0.2, 0) is 24.4 Å². The lowest BCUT2D eigenvalue weighted by Crippen LogP contribution is -2.25. The van der Waals surface area contributed by atoms with Crippen molar-refractivity contribution in [3.8, 4) is 0 Å². The number of aliphatic carboxylic acids is 1. The van der Waals surface area contributed by atoms with E-state index in [4.69, 9.17) is 0 Å². The Labute approximate surface area is 130 Å². The average molecular weight is 301 g/mol. The van der Waals surface area contributed by atoms with Crippen LogP contribution in [0.5, 0.6) is 0 Å². The van der Waals surface area contributed by atoms with Crippen LogP contribution in [0.2, 0.25) is 0 Å². The Hall–Kier alpha value is -1.85. The zero-order valence-electron chi connectivity index (χ0n) is 13.4. The summed E-state index contributed by atoms with van der Waals surface area (Å²) in [5, 5.41) is 16.9. The fourth-order valence-electron chi connectivity index (χ4n) is 3.56. The summed E-state index contributed by atoms with van der Waals surface area (Å²) >= 11 is 0. The van der Waals surface area contributed by atoms with Crippen molar-refractivity contribution in [3.63, 3.8) is 0 Å². The van der Waals surface area contributed by atoms with Gasteiger partial charge in [-0.25, -0.2) is 0 Å². The molecule has 3 rings (SSSR count). The van der Waals surface area contributed by atoms with Gasteiger partial charge in [0.05, 0.1) is 0 Å². The number of aryl methyl sites for hydroxylation is 1. The monoisotopic (exact) mass is 301 g/mol. The first kappa shape index (κ1) is 15.1. The molecule has 0 amide bonds. The van der Waals surface area contributed by atoms with E-state index in [1.165, 1.54) is 11.1 Å². The summed E-state index contributed by atoms with van der Waals surface area (Å²) in [5.41, 5.74) is 5.70. The number of nitrogens with one attached hydrogen (secondary N) is 2. The molecule has 0 fully saturated rings. The van der Waals surface area contributed by atoms with Crippen LogP contribution in [0, 0.1) is 6.92 Å². The summed E-state index contributed by atoms with van der Waals surface area (Å²) in [6, 6.07) is 3.73. The predicted octanol–water partition coefficient (Wildman–Crippen LogP) is 2.31. The van der Waals surface area contributed by atoms with E-state index in [0.717, 1.165) is 48.2 Å². The largest absolute Gasteiger partial charge is 0.480 e. The van der Waals surface area contributed by atoms with E-state index in [1.54, 1.807) is 7.05 Å². The Morgan fingerprint density at radius 2 is 2.09 bits per heavy atom. The number of aromatic nitrogens is 1. The number of nitrogens with zero attached hydrogens (tertiary/aromatic N) is 1. The third kappa shape index (κ3) is 2.21. The third-order valence-electron chi connectivity index (χ3n) is 4.60. The quantitative estimate of drug-likeness (QED) is 0.793. The smallest absolute Gasteiger partial charge is 0.325 e. The molecule has 0 radical (unpaired) electrons. The van der Waals surface area contributed by atoms with Gasteiger partial charge in [-0.2, -0.15) is 0 Å². The van der Waals surface area contributed by atoms with E-state index >= 15 is 0 Å². The van der Waals surface area contributed by atoms with Gasteiger partial charge < -0.3 is 20.3 Å². The van der Waals surface area contributed by atoms with Gasteiger partial charge in [-0.15, -0.1) is 0 Å². The molecule has 1 atom stereocenters. The van der Waals surface area contributed by atoms with Gasteiger partial charge >= 0.3 is 5.97 Å². The van der Waals surface area contributed by atoms with Crippen molar-refractivity contribution in [3.05, 3.63) is 34.5 Å². The van der Waals surface area contributed by atoms with Gasteiger partial charge in [0.2, 0.25) is 0 Å². The van der Waals surface area contributed by atoms with Crippen LogP contribution in [0.15, 0.2) is 12.1 Å². The lowest BCUT2D eigenvalue weighted by molar-refractivity contribution is -0.139. The Bertz CT molecular complexity index is 733. The van der Waals surface area contributed by atoms with Crippen LogP contribution in [0.25, 0.3) is 10.9 Å². The molecule has 1 aliphatic heterocycles. The van der Waals surface area contributed by atoms with E-state index in [-0.39, 0.29) is 0 Å². The number of benzene rings is 1. The summed E-state index contributed by atoms with van der Waals surface area (Å²) in [5.74, 6) is -0.834. The molecule has 5 heteroatoms. The summed E-state index contributed by atoms with van der Waals surface area (Å²) in [6.45, 7) is 6.84. The molecule has 0 bridgehead atoms. The molecule has 2 heterocycles. The highest BCUT2D eigenvalue weighted by Crippen LogP contribution is 2.34. The highest BCUT2D eigenvalue weighted by Gasteiger charge is 2.27. The van der Waals surface area contributed by atoms with Crippen LogP contribution in [0.1, 0.15) is 41.8 Å². The third-order valence-corrected chi connectivity index (χ3v) is 4.60. The Balaban J connectivity index is 2.30. The van der Waals surface area contributed by atoms with Gasteiger partial charge in [-0.05, 0) is 43.7 Å². The van der Waals surface area contributed by atoms with Crippen molar-refractivity contribution in [2.24, 2.45) is 0 Å². The average Bonchev–Trinajstić information content (AvgIpc) is 3.03. The van der Waals surface area contributed by atoms with Gasteiger partial charge in [-0.3, -0.25) is 4.79 Å². The normalized spacial score (nSPS) is 15.2. The summed E-state index contributed by atoms with van der Waals surface area (Å²) < 4.78 is 2.26. The lowest BCUT2D eigenvalue weighted by Gasteiger charge is -2.13. The molecule has 1 aliphatic rings. The highest BCUT2D eigenvalue weighted by atomic mass is 16.4. The molecular weight excluding hydrogens is 278 g/mol. The SMILES string of the molecule is CCCn1c(C)c(C(NC)C(=O)O)c2cc3c(cc21)CNC3. The van der Waals surface area contributed by atoms with Gasteiger partial charge in [0.15, 0.2) is 0 Å². The summed E-state index contributed by atoms with van der Waals surface area (Å²) in [4.78, 5) is 11.6. The maximum Gasteiger partial charge on any atom is 0.325 e. The molecule has 3 N–H and O–H groups in total. The zero-order chi connectivity index (χ0) is 15.9. The van der Waals surface area contributed by atoms with Crippen LogP contribution in [0.4, 0.5) is 0 Å². The number of likely N-dealkylation sites (N-methyl/N-ethyl adjacent to an activating group) is 1. The first-order valence-corrected chi connectivity index (χ1v) is 7.83. The molecule has 1 aromatic heterocycles. The topological polar surface area (TPSA) is 66.3 Å². The number of hydrogen-bond acceptors (Lipinski definition) is 3. The van der Waals surface area contributed by atoms with Crippen molar-refractivity contribution in [1.82, 2.24) is 15.2 Å². The number of carboxylic acid groups (broad SMARTS) is 1. The Morgan fingerprint density at radius 3 is 2.68 bits per heavy atom. The van der Waals surface area contributed by atoms with Crippen LogP contribution >= 0.6 is 0 Å². The van der Waals surface area contributed by atoms with Crippen LogP contribution < -0.4 is 10.6 Å². The van der Waals surface area contributed by atoms with Crippen molar-refractivity contribution < 1.29 is 9.90 Å².